The lowest BCUT2D eigenvalue weighted by molar-refractivity contribution is -0.139. The summed E-state index contributed by atoms with van der Waals surface area (Å²) in [4.78, 5) is 52.0. The number of nitrogens with one attached hydrogen (secondary N) is 3. The highest BCUT2D eigenvalue weighted by Gasteiger charge is 2.35. The van der Waals surface area contributed by atoms with Crippen LogP contribution in [0.2, 0.25) is 0 Å². The van der Waals surface area contributed by atoms with Crippen LogP contribution in [0.3, 0.4) is 0 Å². The van der Waals surface area contributed by atoms with Gasteiger partial charge in [-0.1, -0.05) is 24.3 Å². The molecule has 2 heterocycles. The molecule has 0 saturated heterocycles. The van der Waals surface area contributed by atoms with Crippen LogP contribution in [0.5, 0.6) is 0 Å². The number of rotatable bonds is 10. The first-order valence-corrected chi connectivity index (χ1v) is 14.4. The van der Waals surface area contributed by atoms with Crippen LogP contribution < -0.4 is 26.9 Å². The minimum absolute atomic E-state index is 0.0436. The molecule has 0 aliphatic carbocycles. The van der Waals surface area contributed by atoms with E-state index in [0.717, 1.165) is 24.3 Å². The molecule has 0 radical (unpaired) electrons. The molecule has 244 valence electrons. The van der Waals surface area contributed by atoms with Gasteiger partial charge in [0.15, 0.2) is 0 Å². The fourth-order valence-electron chi connectivity index (χ4n) is 5.32. The Kier molecular flexibility index (Phi) is 9.72. The van der Waals surface area contributed by atoms with Crippen molar-refractivity contribution in [3.8, 4) is 0 Å². The highest BCUT2D eigenvalue weighted by molar-refractivity contribution is 6.62. The number of benzene rings is 3. The molecule has 0 unspecified atom stereocenters. The Bertz CT molecular complexity index is 1710. The Morgan fingerprint density at radius 3 is 1.81 bits per heavy atom. The predicted molar refractivity (Wildman–Crippen MR) is 160 cm³/mol. The first-order chi connectivity index (χ1) is 22.2. The number of fused-ring (bicyclic) bond motifs is 2. The fourth-order valence-corrected chi connectivity index (χ4v) is 5.32. The van der Waals surface area contributed by atoms with Crippen LogP contribution in [0.4, 0.5) is 13.2 Å². The van der Waals surface area contributed by atoms with Gasteiger partial charge in [-0.15, -0.1) is 0 Å². The van der Waals surface area contributed by atoms with Gasteiger partial charge in [0, 0.05) is 11.1 Å². The van der Waals surface area contributed by atoms with Gasteiger partial charge in [0.2, 0.25) is 5.91 Å². The molecule has 0 bridgehead atoms. The highest BCUT2D eigenvalue weighted by Crippen LogP contribution is 2.30. The Hall–Kier alpha value is -4.70. The summed E-state index contributed by atoms with van der Waals surface area (Å²) in [5.41, 5.74) is 1.33. The topological polar surface area (TPSA) is 184 Å². The number of aliphatic carboxylic acids is 1. The van der Waals surface area contributed by atoms with E-state index in [9.17, 15) is 47.5 Å². The SMILES string of the molecule is C[C@H](NC(=O)c1ccc2c(c1)B(O)OC2)[C@H](NC(=O)c1ccc2c(c1)B(O)OC2)C(=O)N[C@@H](CC(=O)O)c1ccc(C(F)(F)F)cc1. The van der Waals surface area contributed by atoms with E-state index >= 15 is 0 Å². The van der Waals surface area contributed by atoms with Crippen LogP contribution in [0.25, 0.3) is 0 Å². The number of carbonyl (C=O) groups is 4. The fraction of sp³-hybridized carbons (Fsp3) is 0.267. The van der Waals surface area contributed by atoms with Crippen molar-refractivity contribution in [2.24, 2.45) is 0 Å². The second kappa shape index (κ2) is 13.6. The van der Waals surface area contributed by atoms with E-state index in [1.165, 1.54) is 31.2 Å². The van der Waals surface area contributed by atoms with Gasteiger partial charge < -0.3 is 40.4 Å². The molecule has 5 rings (SSSR count). The summed E-state index contributed by atoms with van der Waals surface area (Å²) < 4.78 is 49.7. The van der Waals surface area contributed by atoms with E-state index < -0.39 is 74.2 Å². The average Bonchev–Trinajstić information content (AvgIpc) is 3.59. The van der Waals surface area contributed by atoms with Crippen molar-refractivity contribution in [2.45, 2.75) is 50.9 Å². The standard InChI is InChI=1S/C30H28B2F3N3O9/c1-15(36-27(41)17-2-4-19-13-46-31(44)22(19)10-17)26(38-28(42)18-3-5-20-14-47-32(45)23(20)11-18)29(43)37-24(12-25(39)40)16-6-8-21(9-7-16)30(33,34)35/h2-11,15,24,26,44-45H,12-14H2,1H3,(H,36,41)(H,37,43)(H,38,42)(H,39,40)/t15-,24-,26-/m0/s1. The number of hydrogen-bond acceptors (Lipinski definition) is 8. The van der Waals surface area contributed by atoms with Gasteiger partial charge in [-0.2, -0.15) is 13.2 Å². The smallest absolute Gasteiger partial charge is 0.481 e. The van der Waals surface area contributed by atoms with Crippen molar-refractivity contribution in [3.05, 3.63) is 94.0 Å². The monoisotopic (exact) mass is 653 g/mol. The van der Waals surface area contributed by atoms with Gasteiger partial charge in [-0.25, -0.2) is 0 Å². The average molecular weight is 653 g/mol. The molecule has 3 atom stereocenters. The molecule has 0 saturated carbocycles. The van der Waals surface area contributed by atoms with Gasteiger partial charge in [-0.05, 0) is 70.9 Å². The zero-order valence-corrected chi connectivity index (χ0v) is 24.7. The maximum absolute atomic E-state index is 13.7. The van der Waals surface area contributed by atoms with Crippen molar-refractivity contribution < 1.29 is 56.8 Å². The summed E-state index contributed by atoms with van der Waals surface area (Å²) in [6.45, 7) is 1.71. The van der Waals surface area contributed by atoms with Gasteiger partial charge in [0.1, 0.15) is 6.04 Å². The van der Waals surface area contributed by atoms with Gasteiger partial charge in [0.25, 0.3) is 11.8 Å². The minimum atomic E-state index is -4.64. The van der Waals surface area contributed by atoms with Crippen molar-refractivity contribution in [1.82, 2.24) is 16.0 Å². The molecule has 0 aromatic heterocycles. The van der Waals surface area contributed by atoms with E-state index in [2.05, 4.69) is 16.0 Å². The summed E-state index contributed by atoms with van der Waals surface area (Å²) in [5.74, 6) is -3.76. The summed E-state index contributed by atoms with van der Waals surface area (Å²) in [6, 6.07) is 8.52. The molecular weight excluding hydrogens is 625 g/mol. The van der Waals surface area contributed by atoms with Crippen LogP contribution >= 0.6 is 0 Å². The third-order valence-electron chi connectivity index (χ3n) is 7.91. The lowest BCUT2D eigenvalue weighted by atomic mass is 9.78. The number of carboxylic acids is 1. The Morgan fingerprint density at radius 1 is 0.809 bits per heavy atom. The van der Waals surface area contributed by atoms with Crippen LogP contribution in [0.1, 0.15) is 62.4 Å². The third kappa shape index (κ3) is 7.65. The summed E-state index contributed by atoms with van der Waals surface area (Å²) >= 11 is 0. The van der Waals surface area contributed by atoms with E-state index in [1.807, 2.05) is 0 Å². The molecule has 3 aromatic carbocycles. The van der Waals surface area contributed by atoms with Gasteiger partial charge in [0.05, 0.1) is 37.3 Å². The zero-order valence-electron chi connectivity index (χ0n) is 24.7. The number of carbonyl (C=O) groups excluding carboxylic acids is 3. The van der Waals surface area contributed by atoms with Crippen molar-refractivity contribution in [3.63, 3.8) is 0 Å². The lowest BCUT2D eigenvalue weighted by Crippen LogP contribution is -2.58. The zero-order chi connectivity index (χ0) is 34.0. The number of carboxylic acid groups (broad SMARTS) is 1. The first-order valence-electron chi connectivity index (χ1n) is 14.4. The number of halogens is 3. The summed E-state index contributed by atoms with van der Waals surface area (Å²) in [6.07, 6.45) is -5.35. The molecule has 12 nitrogen and oxygen atoms in total. The minimum Gasteiger partial charge on any atom is -0.481 e. The molecule has 3 amide bonds. The maximum Gasteiger partial charge on any atom is 0.491 e. The molecule has 47 heavy (non-hydrogen) atoms. The quantitative estimate of drug-likeness (QED) is 0.169. The van der Waals surface area contributed by atoms with Crippen molar-refractivity contribution in [2.75, 3.05) is 0 Å². The van der Waals surface area contributed by atoms with Crippen LogP contribution in [0, 0.1) is 0 Å². The normalized spacial score (nSPS) is 15.7. The molecule has 2 aliphatic rings. The lowest BCUT2D eigenvalue weighted by Gasteiger charge is -2.28. The van der Waals surface area contributed by atoms with Crippen LogP contribution in [0.15, 0.2) is 60.7 Å². The first kappa shape index (κ1) is 33.7. The highest BCUT2D eigenvalue weighted by atomic mass is 19.4. The van der Waals surface area contributed by atoms with Crippen LogP contribution in [-0.2, 0) is 38.3 Å². The van der Waals surface area contributed by atoms with E-state index in [1.54, 1.807) is 12.1 Å². The van der Waals surface area contributed by atoms with Crippen LogP contribution in [-0.4, -0.2) is 65.2 Å². The molecule has 2 aliphatic heterocycles. The van der Waals surface area contributed by atoms with E-state index in [4.69, 9.17) is 9.31 Å². The second-order valence-corrected chi connectivity index (χ2v) is 11.1. The maximum atomic E-state index is 13.7. The number of alkyl halides is 3. The number of amides is 3. The van der Waals surface area contributed by atoms with Gasteiger partial charge in [-0.3, -0.25) is 19.2 Å². The number of hydrogen-bond donors (Lipinski definition) is 6. The summed E-state index contributed by atoms with van der Waals surface area (Å²) in [7, 11) is -2.48. The molecule has 6 N–H and O–H groups in total. The molecule has 17 heteroatoms. The van der Waals surface area contributed by atoms with Crippen molar-refractivity contribution >= 4 is 48.9 Å². The third-order valence-corrected chi connectivity index (χ3v) is 7.91. The van der Waals surface area contributed by atoms with E-state index in [-0.39, 0.29) is 29.9 Å². The summed E-state index contributed by atoms with van der Waals surface area (Å²) in [5, 5.41) is 37.3. The predicted octanol–water partition coefficient (Wildman–Crippen LogP) is 0.390. The largest absolute Gasteiger partial charge is 0.491 e. The Balaban J connectivity index is 1.40. The van der Waals surface area contributed by atoms with Gasteiger partial charge >= 0.3 is 26.4 Å². The Morgan fingerprint density at radius 2 is 1.32 bits per heavy atom. The molecule has 3 aromatic rings. The molecular formula is C30H28B2F3N3O9. The second-order valence-electron chi connectivity index (χ2n) is 11.1. The Labute approximate surface area is 266 Å². The molecule has 0 spiro atoms. The molecule has 0 fully saturated rings. The van der Waals surface area contributed by atoms with Crippen molar-refractivity contribution in [1.29, 1.82) is 0 Å². The van der Waals surface area contributed by atoms with E-state index in [0.29, 0.717) is 22.1 Å².